The van der Waals surface area contributed by atoms with Crippen molar-refractivity contribution in [2.24, 2.45) is 0 Å². The first-order valence-corrected chi connectivity index (χ1v) is 6.57. The van der Waals surface area contributed by atoms with Gasteiger partial charge in [0.05, 0.1) is 20.6 Å². The van der Waals surface area contributed by atoms with E-state index in [1.165, 1.54) is 32.4 Å². The Morgan fingerprint density at radius 3 is 2.17 bits per heavy atom. The first-order valence-electron chi connectivity index (χ1n) is 6.57. The molecule has 0 aliphatic carbocycles. The molecule has 1 atom stereocenters. The highest BCUT2D eigenvalue weighted by atomic mass is 16.6. The minimum atomic E-state index is -1.94. The van der Waals surface area contributed by atoms with Crippen molar-refractivity contribution in [3.05, 3.63) is 23.8 Å². The van der Waals surface area contributed by atoms with Gasteiger partial charge < -0.3 is 29.5 Å². The maximum atomic E-state index is 11.5. The van der Waals surface area contributed by atoms with E-state index in [9.17, 15) is 24.6 Å². The number of phenolic OH excluding ortho intramolecular Hbond substituents is 1. The molecule has 0 aromatic heterocycles. The van der Waals surface area contributed by atoms with Crippen molar-refractivity contribution in [1.82, 2.24) is 0 Å². The zero-order valence-electron chi connectivity index (χ0n) is 12.9. The number of carbonyl (C=O) groups excluding carboxylic acids is 2. The molecule has 0 bridgehead atoms. The van der Waals surface area contributed by atoms with Gasteiger partial charge in [-0.15, -0.1) is 0 Å². The summed E-state index contributed by atoms with van der Waals surface area (Å²) >= 11 is 0. The van der Waals surface area contributed by atoms with Gasteiger partial charge in [-0.25, -0.2) is 9.59 Å². The van der Waals surface area contributed by atoms with E-state index in [0.717, 1.165) is 6.08 Å². The van der Waals surface area contributed by atoms with Crippen LogP contribution in [0.3, 0.4) is 0 Å². The van der Waals surface area contributed by atoms with Crippen LogP contribution in [0.5, 0.6) is 17.2 Å². The average molecular weight is 340 g/mol. The number of esters is 2. The van der Waals surface area contributed by atoms with Crippen molar-refractivity contribution in [2.45, 2.75) is 12.5 Å². The van der Waals surface area contributed by atoms with Crippen molar-refractivity contribution in [3.8, 4) is 17.2 Å². The maximum Gasteiger partial charge on any atom is 0.343 e. The van der Waals surface area contributed by atoms with Crippen molar-refractivity contribution in [2.75, 3.05) is 14.2 Å². The SMILES string of the molecule is COc1cc(/C=C/C(=O)OC(=O)C(O)CC(=O)O)cc(OC)c1O. The third kappa shape index (κ3) is 5.29. The Morgan fingerprint density at radius 2 is 1.71 bits per heavy atom. The van der Waals surface area contributed by atoms with E-state index in [-0.39, 0.29) is 17.2 Å². The zero-order chi connectivity index (χ0) is 18.3. The summed E-state index contributed by atoms with van der Waals surface area (Å²) in [5.74, 6) is -3.88. The second-order valence-electron chi connectivity index (χ2n) is 4.46. The van der Waals surface area contributed by atoms with Crippen molar-refractivity contribution < 1.29 is 43.9 Å². The highest BCUT2D eigenvalue weighted by molar-refractivity contribution is 5.96. The third-order valence-electron chi connectivity index (χ3n) is 2.76. The van der Waals surface area contributed by atoms with Crippen LogP contribution in [0.4, 0.5) is 0 Å². The van der Waals surface area contributed by atoms with Gasteiger partial charge in [0, 0.05) is 6.08 Å². The quantitative estimate of drug-likeness (QED) is 0.364. The Morgan fingerprint density at radius 1 is 1.17 bits per heavy atom. The summed E-state index contributed by atoms with van der Waals surface area (Å²) in [6, 6.07) is 2.81. The van der Waals surface area contributed by atoms with Gasteiger partial charge in [0.25, 0.3) is 0 Å². The number of ether oxygens (including phenoxy) is 3. The lowest BCUT2D eigenvalue weighted by atomic mass is 10.1. The zero-order valence-corrected chi connectivity index (χ0v) is 12.9. The van der Waals surface area contributed by atoms with Crippen LogP contribution in [0, 0.1) is 0 Å². The molecule has 130 valence electrons. The number of aliphatic carboxylic acids is 1. The fourth-order valence-electron chi connectivity index (χ4n) is 1.62. The van der Waals surface area contributed by atoms with Gasteiger partial charge in [0.1, 0.15) is 0 Å². The van der Waals surface area contributed by atoms with Crippen molar-refractivity contribution in [1.29, 1.82) is 0 Å². The lowest BCUT2D eigenvalue weighted by Crippen LogP contribution is -2.27. The summed E-state index contributed by atoms with van der Waals surface area (Å²) in [6.45, 7) is 0. The first-order chi connectivity index (χ1) is 11.3. The van der Waals surface area contributed by atoms with Gasteiger partial charge >= 0.3 is 17.9 Å². The molecule has 0 fully saturated rings. The van der Waals surface area contributed by atoms with Crippen LogP contribution >= 0.6 is 0 Å². The van der Waals surface area contributed by atoms with Gasteiger partial charge in [-0.2, -0.15) is 0 Å². The number of methoxy groups -OCH3 is 2. The summed E-state index contributed by atoms with van der Waals surface area (Å²) in [6.07, 6.45) is -0.670. The molecule has 1 rings (SSSR count). The van der Waals surface area contributed by atoms with Gasteiger partial charge in [-0.3, -0.25) is 4.79 Å². The predicted octanol–water partition coefficient (Wildman–Crippen LogP) is 0.328. The molecule has 0 amide bonds. The molecule has 0 radical (unpaired) electrons. The number of aliphatic hydroxyl groups excluding tert-OH is 1. The Hall–Kier alpha value is -3.07. The van der Waals surface area contributed by atoms with E-state index in [0.29, 0.717) is 5.56 Å². The molecule has 1 aromatic rings. The Balaban J connectivity index is 2.80. The number of carboxylic acids is 1. The monoisotopic (exact) mass is 340 g/mol. The van der Waals surface area contributed by atoms with E-state index in [1.54, 1.807) is 0 Å². The fourth-order valence-corrected chi connectivity index (χ4v) is 1.62. The second kappa shape index (κ2) is 8.53. The number of hydrogen-bond acceptors (Lipinski definition) is 8. The van der Waals surface area contributed by atoms with Gasteiger partial charge in [0.15, 0.2) is 17.6 Å². The van der Waals surface area contributed by atoms with Crippen LogP contribution < -0.4 is 9.47 Å². The number of carbonyl (C=O) groups is 3. The molecule has 0 saturated carbocycles. The molecule has 1 aromatic carbocycles. The van der Waals surface area contributed by atoms with E-state index in [1.807, 2.05) is 0 Å². The Labute approximate surface area is 136 Å². The van der Waals surface area contributed by atoms with E-state index >= 15 is 0 Å². The number of aliphatic hydroxyl groups is 1. The number of aromatic hydroxyl groups is 1. The van der Waals surface area contributed by atoms with Gasteiger partial charge in [0.2, 0.25) is 5.75 Å². The number of phenols is 1. The molecule has 0 heterocycles. The topological polar surface area (TPSA) is 140 Å². The summed E-state index contributed by atoms with van der Waals surface area (Å²) < 4.78 is 14.2. The third-order valence-corrected chi connectivity index (χ3v) is 2.76. The number of hydrogen-bond donors (Lipinski definition) is 3. The smallest absolute Gasteiger partial charge is 0.343 e. The van der Waals surface area contributed by atoms with Crippen LogP contribution in [-0.4, -0.2) is 53.6 Å². The maximum absolute atomic E-state index is 11.5. The Kier molecular flexibility index (Phi) is 6.75. The summed E-state index contributed by atoms with van der Waals surface area (Å²) in [5, 5.41) is 27.4. The Bertz CT molecular complexity index is 638. The molecule has 1 unspecified atom stereocenters. The fraction of sp³-hybridized carbons (Fsp3) is 0.267. The molecule has 9 nitrogen and oxygen atoms in total. The molecule has 24 heavy (non-hydrogen) atoms. The average Bonchev–Trinajstić information content (AvgIpc) is 2.53. The summed E-state index contributed by atoms with van der Waals surface area (Å²) in [4.78, 5) is 33.1. The van der Waals surface area contributed by atoms with E-state index in [4.69, 9.17) is 14.6 Å². The minimum Gasteiger partial charge on any atom is -0.502 e. The number of benzene rings is 1. The largest absolute Gasteiger partial charge is 0.502 e. The number of rotatable bonds is 7. The highest BCUT2D eigenvalue weighted by Crippen LogP contribution is 2.37. The summed E-state index contributed by atoms with van der Waals surface area (Å²) in [5.41, 5.74) is 0.400. The predicted molar refractivity (Wildman–Crippen MR) is 79.6 cm³/mol. The lowest BCUT2D eigenvalue weighted by molar-refractivity contribution is -0.165. The van der Waals surface area contributed by atoms with Crippen LogP contribution in [-0.2, 0) is 19.1 Å². The molecular formula is C15H16O9. The minimum absolute atomic E-state index is 0.107. The van der Waals surface area contributed by atoms with Crippen molar-refractivity contribution in [3.63, 3.8) is 0 Å². The van der Waals surface area contributed by atoms with Crippen LogP contribution in [0.2, 0.25) is 0 Å². The highest BCUT2D eigenvalue weighted by Gasteiger charge is 2.22. The molecule has 0 aliphatic rings. The van der Waals surface area contributed by atoms with E-state index in [2.05, 4.69) is 4.74 Å². The van der Waals surface area contributed by atoms with Crippen LogP contribution in [0.25, 0.3) is 6.08 Å². The first kappa shape index (κ1) is 19.0. The van der Waals surface area contributed by atoms with Crippen LogP contribution in [0.15, 0.2) is 18.2 Å². The standard InChI is InChI=1S/C15H16O9/c1-22-10-5-8(6-11(23-2)14(10)20)3-4-13(19)24-15(21)9(16)7-12(17)18/h3-6,9,16,20H,7H2,1-2H3,(H,17,18)/b4-3+. The number of carboxylic acid groups (broad SMARTS) is 1. The molecule has 0 aliphatic heterocycles. The summed E-state index contributed by atoms with van der Waals surface area (Å²) in [7, 11) is 2.66. The molecular weight excluding hydrogens is 324 g/mol. The molecule has 0 spiro atoms. The molecule has 9 heteroatoms. The van der Waals surface area contributed by atoms with E-state index < -0.39 is 30.4 Å². The van der Waals surface area contributed by atoms with Crippen LogP contribution in [0.1, 0.15) is 12.0 Å². The lowest BCUT2D eigenvalue weighted by Gasteiger charge is -2.09. The second-order valence-corrected chi connectivity index (χ2v) is 4.46. The normalized spacial score (nSPS) is 11.8. The van der Waals surface area contributed by atoms with Gasteiger partial charge in [-0.1, -0.05) is 0 Å². The molecule has 3 N–H and O–H groups in total. The molecule has 0 saturated heterocycles. The van der Waals surface area contributed by atoms with Gasteiger partial charge in [-0.05, 0) is 23.8 Å². The van der Waals surface area contributed by atoms with Crippen molar-refractivity contribution >= 4 is 24.0 Å².